The van der Waals surface area contributed by atoms with E-state index in [0.29, 0.717) is 30.7 Å². The topological polar surface area (TPSA) is 86.8 Å². The van der Waals surface area contributed by atoms with Gasteiger partial charge in [-0.1, -0.05) is 6.07 Å². The monoisotopic (exact) mass is 415 g/mol. The van der Waals surface area contributed by atoms with Crippen LogP contribution in [-0.2, 0) is 20.8 Å². The van der Waals surface area contributed by atoms with Crippen molar-refractivity contribution in [3.05, 3.63) is 22.4 Å². The number of amides is 5. The second kappa shape index (κ2) is 6.93. The van der Waals surface area contributed by atoms with Gasteiger partial charge < -0.3 is 5.32 Å². The van der Waals surface area contributed by atoms with Crippen molar-refractivity contribution in [1.82, 2.24) is 15.1 Å². The van der Waals surface area contributed by atoms with Crippen LogP contribution in [0.1, 0.15) is 43.4 Å². The molecule has 4 aliphatic carbocycles. The van der Waals surface area contributed by atoms with Crippen molar-refractivity contribution in [2.24, 2.45) is 17.8 Å². The summed E-state index contributed by atoms with van der Waals surface area (Å²) < 4.78 is 0. The van der Waals surface area contributed by atoms with Gasteiger partial charge in [-0.15, -0.1) is 11.3 Å². The summed E-state index contributed by atoms with van der Waals surface area (Å²) >= 11 is 1.61. The molecule has 1 saturated heterocycles. The SMILES string of the molecule is O=C(CN1C(=O)C(=O)N(C23CC4CC(CC(C4)C2)C3)C1=O)NCCc1cccs1. The molecule has 6 rings (SSSR count). The summed E-state index contributed by atoms with van der Waals surface area (Å²) in [6.07, 6.45) is 6.67. The molecule has 4 saturated carbocycles. The maximum atomic E-state index is 13.1. The molecule has 7 nitrogen and oxygen atoms in total. The van der Waals surface area contributed by atoms with Gasteiger partial charge in [0.05, 0.1) is 5.54 Å². The Kier molecular flexibility index (Phi) is 4.49. The van der Waals surface area contributed by atoms with E-state index >= 15 is 0 Å². The van der Waals surface area contributed by atoms with Gasteiger partial charge in [0.1, 0.15) is 6.54 Å². The number of thiophene rings is 1. The molecule has 0 aromatic carbocycles. The number of carbonyl (C=O) groups excluding carboxylic acids is 4. The second-order valence-electron chi connectivity index (χ2n) is 9.14. The van der Waals surface area contributed by atoms with Crippen molar-refractivity contribution in [2.75, 3.05) is 13.1 Å². The summed E-state index contributed by atoms with van der Waals surface area (Å²) in [6.45, 7) is 0.0406. The fourth-order valence-electron chi connectivity index (χ4n) is 6.38. The van der Waals surface area contributed by atoms with E-state index in [9.17, 15) is 19.2 Å². The van der Waals surface area contributed by atoms with Gasteiger partial charge in [-0.2, -0.15) is 0 Å². The second-order valence-corrected chi connectivity index (χ2v) is 10.2. The Labute approximate surface area is 173 Å². The average molecular weight is 416 g/mol. The molecule has 0 unspecified atom stereocenters. The van der Waals surface area contributed by atoms with Crippen molar-refractivity contribution < 1.29 is 19.2 Å². The van der Waals surface area contributed by atoms with Gasteiger partial charge in [-0.05, 0) is 74.1 Å². The van der Waals surface area contributed by atoms with Crippen molar-refractivity contribution in [2.45, 2.75) is 50.5 Å². The first-order valence-electron chi connectivity index (χ1n) is 10.4. The van der Waals surface area contributed by atoms with Crippen LogP contribution in [0.15, 0.2) is 17.5 Å². The van der Waals surface area contributed by atoms with E-state index < -0.39 is 35.8 Å². The lowest BCUT2D eigenvalue weighted by Crippen LogP contribution is -2.62. The largest absolute Gasteiger partial charge is 0.354 e. The van der Waals surface area contributed by atoms with Gasteiger partial charge in [0, 0.05) is 11.4 Å². The standard InChI is InChI=1S/C21H25N3O4S/c25-17(22-4-3-16-2-1-5-29-16)12-23-18(26)19(27)24(20(23)28)21-9-13-6-14(10-21)8-15(7-13)11-21/h1-2,5,13-15H,3-4,6-12H2,(H,22,25). The zero-order chi connectivity index (χ0) is 20.2. The smallest absolute Gasteiger partial charge is 0.335 e. The van der Waals surface area contributed by atoms with Crippen LogP contribution in [0.5, 0.6) is 0 Å². The molecule has 4 bridgehead atoms. The molecule has 1 aliphatic heterocycles. The van der Waals surface area contributed by atoms with E-state index in [-0.39, 0.29) is 0 Å². The molecule has 0 spiro atoms. The molecule has 29 heavy (non-hydrogen) atoms. The minimum absolute atomic E-state index is 0.392. The van der Waals surface area contributed by atoms with Crippen molar-refractivity contribution in [3.63, 3.8) is 0 Å². The highest BCUT2D eigenvalue weighted by atomic mass is 32.1. The van der Waals surface area contributed by atoms with Crippen LogP contribution < -0.4 is 5.32 Å². The zero-order valence-electron chi connectivity index (χ0n) is 16.3. The number of hydrogen-bond acceptors (Lipinski definition) is 5. The maximum Gasteiger partial charge on any atom is 0.335 e. The molecule has 5 fully saturated rings. The molecule has 2 heterocycles. The molecule has 1 aromatic heterocycles. The predicted octanol–water partition coefficient (Wildman–Crippen LogP) is 2.17. The Morgan fingerprint density at radius 1 is 1.07 bits per heavy atom. The van der Waals surface area contributed by atoms with Crippen molar-refractivity contribution in [1.29, 1.82) is 0 Å². The highest BCUT2D eigenvalue weighted by molar-refractivity contribution is 7.09. The molecule has 1 aromatic rings. The van der Waals surface area contributed by atoms with E-state index in [1.54, 1.807) is 11.3 Å². The summed E-state index contributed by atoms with van der Waals surface area (Å²) in [5.74, 6) is -0.379. The van der Waals surface area contributed by atoms with Gasteiger partial charge in [-0.3, -0.25) is 14.4 Å². The number of urea groups is 1. The molecule has 154 valence electrons. The van der Waals surface area contributed by atoms with Crippen LogP contribution in [0.3, 0.4) is 0 Å². The Hall–Kier alpha value is -2.22. The molecule has 1 N–H and O–H groups in total. The third kappa shape index (κ3) is 3.17. The molecule has 0 radical (unpaired) electrons. The fourth-order valence-corrected chi connectivity index (χ4v) is 7.09. The summed E-state index contributed by atoms with van der Waals surface area (Å²) in [5.41, 5.74) is -0.511. The lowest BCUT2D eigenvalue weighted by molar-refractivity contribution is -0.150. The highest BCUT2D eigenvalue weighted by Crippen LogP contribution is 2.58. The Balaban J connectivity index is 1.25. The van der Waals surface area contributed by atoms with Crippen LogP contribution in [0.25, 0.3) is 0 Å². The van der Waals surface area contributed by atoms with E-state index in [1.807, 2.05) is 17.5 Å². The number of imide groups is 2. The van der Waals surface area contributed by atoms with Crippen LogP contribution in [0.4, 0.5) is 4.79 Å². The molecular formula is C21H25N3O4S. The number of nitrogens with zero attached hydrogens (tertiary/aromatic N) is 2. The highest BCUT2D eigenvalue weighted by Gasteiger charge is 2.61. The van der Waals surface area contributed by atoms with Crippen molar-refractivity contribution >= 4 is 35.1 Å². The number of rotatable bonds is 6. The molecule has 8 heteroatoms. The van der Waals surface area contributed by atoms with Gasteiger partial charge >= 0.3 is 17.8 Å². The average Bonchev–Trinajstić information content (AvgIpc) is 3.24. The van der Waals surface area contributed by atoms with Crippen LogP contribution >= 0.6 is 11.3 Å². The molecular weight excluding hydrogens is 390 g/mol. The number of nitrogens with one attached hydrogen (secondary N) is 1. The van der Waals surface area contributed by atoms with Crippen molar-refractivity contribution in [3.8, 4) is 0 Å². The Bertz CT molecular complexity index is 830. The first-order chi connectivity index (χ1) is 13.9. The first-order valence-corrected chi connectivity index (χ1v) is 11.3. The maximum absolute atomic E-state index is 13.1. The molecule has 5 aliphatic rings. The minimum atomic E-state index is -0.862. The lowest BCUT2D eigenvalue weighted by atomic mass is 9.52. The van der Waals surface area contributed by atoms with E-state index in [4.69, 9.17) is 0 Å². The van der Waals surface area contributed by atoms with Crippen LogP contribution in [0, 0.1) is 17.8 Å². The van der Waals surface area contributed by atoms with Gasteiger partial charge in [0.2, 0.25) is 5.91 Å². The molecule has 0 atom stereocenters. The Morgan fingerprint density at radius 3 is 2.31 bits per heavy atom. The third-order valence-corrected chi connectivity index (χ3v) is 8.05. The predicted molar refractivity (Wildman–Crippen MR) is 106 cm³/mol. The molecule has 5 amide bonds. The minimum Gasteiger partial charge on any atom is -0.354 e. The van der Waals surface area contributed by atoms with Gasteiger partial charge in [-0.25, -0.2) is 14.6 Å². The van der Waals surface area contributed by atoms with E-state index in [2.05, 4.69) is 5.32 Å². The van der Waals surface area contributed by atoms with Crippen LogP contribution in [0.2, 0.25) is 0 Å². The number of hydrogen-bond donors (Lipinski definition) is 1. The summed E-state index contributed by atoms with van der Waals surface area (Å²) in [6, 6.07) is 3.34. The summed E-state index contributed by atoms with van der Waals surface area (Å²) in [7, 11) is 0. The van der Waals surface area contributed by atoms with E-state index in [1.165, 1.54) is 24.2 Å². The third-order valence-electron chi connectivity index (χ3n) is 7.11. The fraction of sp³-hybridized carbons (Fsp3) is 0.619. The summed E-state index contributed by atoms with van der Waals surface area (Å²) in [4.78, 5) is 53.9. The lowest BCUT2D eigenvalue weighted by Gasteiger charge is -2.58. The van der Waals surface area contributed by atoms with Gasteiger partial charge in [0.25, 0.3) is 0 Å². The normalized spacial score (nSPS) is 33.1. The first kappa shape index (κ1) is 18.8. The summed E-state index contributed by atoms with van der Waals surface area (Å²) in [5, 5.41) is 4.72. The Morgan fingerprint density at radius 2 is 1.72 bits per heavy atom. The van der Waals surface area contributed by atoms with E-state index in [0.717, 1.165) is 29.0 Å². The number of carbonyl (C=O) groups is 4. The zero-order valence-corrected chi connectivity index (χ0v) is 17.1. The quantitative estimate of drug-likeness (QED) is 0.570. The van der Waals surface area contributed by atoms with Gasteiger partial charge in [0.15, 0.2) is 0 Å². The van der Waals surface area contributed by atoms with Crippen LogP contribution in [-0.4, -0.2) is 52.2 Å².